The Balaban J connectivity index is 3.43. The van der Waals surface area contributed by atoms with Crippen LogP contribution in [0.15, 0.2) is 0 Å². The van der Waals surface area contributed by atoms with Gasteiger partial charge in [-0.15, -0.1) is 0 Å². The highest BCUT2D eigenvalue weighted by atomic mass is 32.2. The van der Waals surface area contributed by atoms with Gasteiger partial charge >= 0.3 is 0 Å². The lowest BCUT2D eigenvalue weighted by molar-refractivity contribution is 0.276. The predicted octanol–water partition coefficient (Wildman–Crippen LogP) is 1.38. The molecule has 2 N–H and O–H groups in total. The average molecular weight is 216 g/mol. The first-order valence-electron chi connectivity index (χ1n) is 5.00. The molecular formula is C10H20N2OS. The third-order valence-electron chi connectivity index (χ3n) is 2.22. The standard InChI is InChI=1S/C10H20N2OS/c1-9(10(8-13)14-2)12-7-5-3-4-6-11/h9-10,12-13H,3-5,7-8H2,1-2H3. The van der Waals surface area contributed by atoms with Crippen LogP contribution in [0.25, 0.3) is 0 Å². The fraction of sp³-hybridized carbons (Fsp3) is 0.900. The summed E-state index contributed by atoms with van der Waals surface area (Å²) in [4.78, 5) is 0. The number of aliphatic hydroxyl groups excluding tert-OH is 1. The van der Waals surface area contributed by atoms with E-state index >= 15 is 0 Å². The fourth-order valence-electron chi connectivity index (χ4n) is 1.23. The van der Waals surface area contributed by atoms with E-state index < -0.39 is 0 Å². The van der Waals surface area contributed by atoms with Gasteiger partial charge in [-0.2, -0.15) is 17.0 Å². The first-order valence-corrected chi connectivity index (χ1v) is 6.29. The molecule has 4 heteroatoms. The van der Waals surface area contributed by atoms with E-state index in [-0.39, 0.29) is 11.9 Å². The van der Waals surface area contributed by atoms with Gasteiger partial charge < -0.3 is 10.4 Å². The summed E-state index contributed by atoms with van der Waals surface area (Å²) in [6, 6.07) is 2.46. The van der Waals surface area contributed by atoms with Gasteiger partial charge in [0, 0.05) is 17.7 Å². The van der Waals surface area contributed by atoms with Crippen molar-refractivity contribution in [1.82, 2.24) is 5.32 Å². The lowest BCUT2D eigenvalue weighted by atomic mass is 10.2. The van der Waals surface area contributed by atoms with E-state index in [0.29, 0.717) is 12.5 Å². The molecule has 82 valence electrons. The SMILES string of the molecule is CSC(CO)C(C)NCCCCC#N. The summed E-state index contributed by atoms with van der Waals surface area (Å²) in [5.74, 6) is 0. The highest BCUT2D eigenvalue weighted by molar-refractivity contribution is 7.99. The molecule has 2 unspecified atom stereocenters. The van der Waals surface area contributed by atoms with E-state index in [2.05, 4.69) is 18.3 Å². The van der Waals surface area contributed by atoms with Crippen molar-refractivity contribution in [1.29, 1.82) is 5.26 Å². The van der Waals surface area contributed by atoms with Crippen molar-refractivity contribution in [3.8, 4) is 6.07 Å². The number of hydrogen-bond donors (Lipinski definition) is 2. The minimum Gasteiger partial charge on any atom is -0.395 e. The molecule has 0 heterocycles. The first kappa shape index (κ1) is 13.8. The largest absolute Gasteiger partial charge is 0.395 e. The summed E-state index contributed by atoms with van der Waals surface area (Å²) >= 11 is 1.68. The van der Waals surface area contributed by atoms with Crippen molar-refractivity contribution in [3.05, 3.63) is 0 Å². The molecule has 0 aromatic heterocycles. The van der Waals surface area contributed by atoms with Gasteiger partial charge in [-0.3, -0.25) is 0 Å². The van der Waals surface area contributed by atoms with Gasteiger partial charge in [0.25, 0.3) is 0 Å². The summed E-state index contributed by atoms with van der Waals surface area (Å²) in [7, 11) is 0. The molecule has 0 saturated heterocycles. The summed E-state index contributed by atoms with van der Waals surface area (Å²) < 4.78 is 0. The molecule has 0 saturated carbocycles. The highest BCUT2D eigenvalue weighted by Gasteiger charge is 2.13. The van der Waals surface area contributed by atoms with E-state index in [9.17, 15) is 0 Å². The van der Waals surface area contributed by atoms with E-state index in [1.807, 2.05) is 6.26 Å². The van der Waals surface area contributed by atoms with Crippen molar-refractivity contribution in [3.63, 3.8) is 0 Å². The van der Waals surface area contributed by atoms with Crippen molar-refractivity contribution >= 4 is 11.8 Å². The highest BCUT2D eigenvalue weighted by Crippen LogP contribution is 2.10. The molecule has 0 fully saturated rings. The van der Waals surface area contributed by atoms with Crippen LogP contribution in [-0.2, 0) is 0 Å². The molecule has 0 rings (SSSR count). The zero-order valence-electron chi connectivity index (χ0n) is 8.99. The van der Waals surface area contributed by atoms with E-state index in [4.69, 9.17) is 10.4 Å². The zero-order valence-corrected chi connectivity index (χ0v) is 9.81. The van der Waals surface area contributed by atoms with Crippen molar-refractivity contribution in [2.24, 2.45) is 0 Å². The normalized spacial score (nSPS) is 14.7. The van der Waals surface area contributed by atoms with Crippen LogP contribution in [0.3, 0.4) is 0 Å². The monoisotopic (exact) mass is 216 g/mol. The lowest BCUT2D eigenvalue weighted by Crippen LogP contribution is -2.37. The molecule has 0 radical (unpaired) electrons. The second-order valence-corrected chi connectivity index (χ2v) is 4.39. The Morgan fingerprint density at radius 2 is 2.21 bits per heavy atom. The third kappa shape index (κ3) is 6.25. The van der Waals surface area contributed by atoms with Crippen LogP contribution < -0.4 is 5.32 Å². The predicted molar refractivity (Wildman–Crippen MR) is 61.3 cm³/mol. The van der Waals surface area contributed by atoms with Crippen LogP contribution >= 0.6 is 11.8 Å². The smallest absolute Gasteiger partial charge is 0.0621 e. The maximum absolute atomic E-state index is 9.03. The molecule has 0 aliphatic carbocycles. The van der Waals surface area contributed by atoms with Gasteiger partial charge in [-0.25, -0.2) is 0 Å². The van der Waals surface area contributed by atoms with Crippen LogP contribution in [0.5, 0.6) is 0 Å². The Hall–Kier alpha value is -0.240. The van der Waals surface area contributed by atoms with Gasteiger partial charge in [0.2, 0.25) is 0 Å². The zero-order chi connectivity index (χ0) is 10.8. The molecule has 0 aromatic rings. The van der Waals surface area contributed by atoms with Crippen molar-refractivity contribution in [2.75, 3.05) is 19.4 Å². The number of hydrogen-bond acceptors (Lipinski definition) is 4. The molecule has 0 aliphatic heterocycles. The summed E-state index contributed by atoms with van der Waals surface area (Å²) in [6.45, 7) is 3.23. The lowest BCUT2D eigenvalue weighted by Gasteiger charge is -2.21. The van der Waals surface area contributed by atoms with Gasteiger partial charge in [-0.1, -0.05) is 0 Å². The van der Waals surface area contributed by atoms with Crippen LogP contribution in [0.4, 0.5) is 0 Å². The van der Waals surface area contributed by atoms with Crippen LogP contribution in [0.1, 0.15) is 26.2 Å². The molecule has 0 bridgehead atoms. The second-order valence-electron chi connectivity index (χ2n) is 3.31. The Kier molecular flexibility index (Phi) is 9.16. The van der Waals surface area contributed by atoms with Gasteiger partial charge in [0.1, 0.15) is 0 Å². The molecular weight excluding hydrogens is 196 g/mol. The Morgan fingerprint density at radius 3 is 2.71 bits per heavy atom. The van der Waals surface area contributed by atoms with E-state index in [1.54, 1.807) is 11.8 Å². The summed E-state index contributed by atoms with van der Waals surface area (Å²) in [6.07, 6.45) is 4.64. The van der Waals surface area contributed by atoms with Gasteiger partial charge in [0.05, 0.1) is 12.7 Å². The van der Waals surface area contributed by atoms with Crippen LogP contribution in [-0.4, -0.2) is 35.8 Å². The minimum absolute atomic E-state index is 0.216. The number of nitriles is 1. The maximum Gasteiger partial charge on any atom is 0.0621 e. The molecule has 3 nitrogen and oxygen atoms in total. The van der Waals surface area contributed by atoms with Crippen LogP contribution in [0.2, 0.25) is 0 Å². The number of nitrogens with one attached hydrogen (secondary N) is 1. The number of unbranched alkanes of at least 4 members (excludes halogenated alkanes) is 2. The van der Waals surface area contributed by atoms with E-state index in [1.165, 1.54) is 0 Å². The molecule has 0 aliphatic rings. The minimum atomic E-state index is 0.216. The Morgan fingerprint density at radius 1 is 1.50 bits per heavy atom. The topological polar surface area (TPSA) is 56.0 Å². The Labute approximate surface area is 90.9 Å². The Bertz CT molecular complexity index is 166. The first-order chi connectivity index (χ1) is 6.76. The van der Waals surface area contributed by atoms with Crippen LogP contribution in [0, 0.1) is 11.3 Å². The van der Waals surface area contributed by atoms with Crippen molar-refractivity contribution in [2.45, 2.75) is 37.5 Å². The number of rotatable bonds is 8. The summed E-state index contributed by atoms with van der Waals surface area (Å²) in [5.41, 5.74) is 0. The molecule has 0 spiro atoms. The third-order valence-corrected chi connectivity index (χ3v) is 3.38. The van der Waals surface area contributed by atoms with E-state index in [0.717, 1.165) is 19.4 Å². The van der Waals surface area contributed by atoms with Crippen molar-refractivity contribution < 1.29 is 5.11 Å². The summed E-state index contributed by atoms with van der Waals surface area (Å²) in [5, 5.41) is 21.0. The number of thioether (sulfide) groups is 1. The molecule has 0 amide bonds. The van der Waals surface area contributed by atoms with Gasteiger partial charge in [-0.05, 0) is 32.6 Å². The molecule has 2 atom stereocenters. The quantitative estimate of drug-likeness (QED) is 0.602. The maximum atomic E-state index is 9.03. The number of aliphatic hydroxyl groups is 1. The van der Waals surface area contributed by atoms with Gasteiger partial charge in [0.15, 0.2) is 0 Å². The molecule has 0 aromatic carbocycles. The second kappa shape index (κ2) is 9.32. The number of nitrogens with zero attached hydrogens (tertiary/aromatic N) is 1. The average Bonchev–Trinajstić information content (AvgIpc) is 2.19. The fourth-order valence-corrected chi connectivity index (χ4v) is 1.88. The molecule has 14 heavy (non-hydrogen) atoms.